The molecule has 1 aromatic heterocycles. The number of aromatic amines is 1. The lowest BCUT2D eigenvalue weighted by Crippen LogP contribution is -1.99. The maximum Gasteiger partial charge on any atom is 0.0650 e. The molecule has 2 aromatic carbocycles. The van der Waals surface area contributed by atoms with Crippen molar-refractivity contribution in [1.29, 1.82) is 0 Å². The Labute approximate surface area is 132 Å². The van der Waals surface area contributed by atoms with Crippen molar-refractivity contribution < 1.29 is 0 Å². The first-order chi connectivity index (χ1) is 10.2. The first-order valence-corrected chi connectivity index (χ1v) is 7.25. The van der Waals surface area contributed by atoms with Crippen molar-refractivity contribution in [2.75, 3.05) is 5.32 Å². The largest absolute Gasteiger partial charge is 0.381 e. The lowest BCUT2D eigenvalue weighted by Gasteiger charge is -2.09. The number of anilines is 1. The third-order valence-corrected chi connectivity index (χ3v) is 3.53. The Kier molecular flexibility index (Phi) is 4.13. The van der Waals surface area contributed by atoms with Crippen LogP contribution in [-0.4, -0.2) is 10.2 Å². The Morgan fingerprint density at radius 1 is 1.00 bits per heavy atom. The van der Waals surface area contributed by atoms with Crippen LogP contribution >= 0.6 is 23.2 Å². The molecule has 0 saturated carbocycles. The third-order valence-electron chi connectivity index (χ3n) is 3.09. The Bertz CT molecular complexity index is 719. The molecule has 0 unspecified atom stereocenters. The van der Waals surface area contributed by atoms with Gasteiger partial charge in [0.15, 0.2) is 0 Å². The van der Waals surface area contributed by atoms with Crippen molar-refractivity contribution in [3.05, 3.63) is 70.3 Å². The highest BCUT2D eigenvalue weighted by Gasteiger charge is 2.02. The first kappa shape index (κ1) is 14.0. The fraction of sp³-hybridized carbons (Fsp3) is 0.0625. The average Bonchev–Trinajstić information content (AvgIpc) is 2.99. The molecule has 3 rings (SSSR count). The molecule has 5 heteroatoms. The summed E-state index contributed by atoms with van der Waals surface area (Å²) in [6, 6.07) is 15.6. The van der Waals surface area contributed by atoms with Gasteiger partial charge in [0.1, 0.15) is 0 Å². The van der Waals surface area contributed by atoms with Crippen molar-refractivity contribution in [2.45, 2.75) is 6.54 Å². The Morgan fingerprint density at radius 2 is 1.81 bits per heavy atom. The molecule has 0 fully saturated rings. The fourth-order valence-electron chi connectivity index (χ4n) is 2.13. The van der Waals surface area contributed by atoms with Gasteiger partial charge in [-0.05, 0) is 42.0 Å². The SMILES string of the molecule is Clc1cc(Cl)cc(CNc2cccc(-c3ccn[nH]3)c2)c1. The minimum Gasteiger partial charge on any atom is -0.381 e. The Hall–Kier alpha value is -1.97. The van der Waals surface area contributed by atoms with Crippen LogP contribution in [0.3, 0.4) is 0 Å². The van der Waals surface area contributed by atoms with Crippen LogP contribution in [0.2, 0.25) is 10.0 Å². The smallest absolute Gasteiger partial charge is 0.0650 e. The normalized spacial score (nSPS) is 10.6. The van der Waals surface area contributed by atoms with E-state index in [0.29, 0.717) is 16.6 Å². The summed E-state index contributed by atoms with van der Waals surface area (Å²) < 4.78 is 0. The molecule has 0 spiro atoms. The van der Waals surface area contributed by atoms with Gasteiger partial charge in [-0.15, -0.1) is 0 Å². The van der Waals surface area contributed by atoms with Crippen LogP contribution in [-0.2, 0) is 6.54 Å². The molecule has 0 radical (unpaired) electrons. The molecule has 0 bridgehead atoms. The first-order valence-electron chi connectivity index (χ1n) is 6.49. The summed E-state index contributed by atoms with van der Waals surface area (Å²) in [5, 5.41) is 11.6. The summed E-state index contributed by atoms with van der Waals surface area (Å²) in [5.41, 5.74) is 4.14. The van der Waals surface area contributed by atoms with E-state index in [-0.39, 0.29) is 0 Å². The standard InChI is InChI=1S/C16H13Cl2N3/c17-13-6-11(7-14(18)9-13)10-19-15-3-1-2-12(8-15)16-4-5-20-21-16/h1-9,19H,10H2,(H,20,21). The molecule has 0 aliphatic heterocycles. The number of benzene rings is 2. The number of hydrogen-bond donors (Lipinski definition) is 2. The maximum absolute atomic E-state index is 6.00. The summed E-state index contributed by atoms with van der Waals surface area (Å²) in [7, 11) is 0. The monoisotopic (exact) mass is 317 g/mol. The van der Waals surface area contributed by atoms with Gasteiger partial charge in [-0.3, -0.25) is 5.10 Å². The second-order valence-corrected chi connectivity index (χ2v) is 5.56. The lowest BCUT2D eigenvalue weighted by molar-refractivity contribution is 1.09. The summed E-state index contributed by atoms with van der Waals surface area (Å²) in [4.78, 5) is 0. The maximum atomic E-state index is 6.00. The van der Waals surface area contributed by atoms with E-state index in [2.05, 4.69) is 21.6 Å². The number of hydrogen-bond acceptors (Lipinski definition) is 2. The second-order valence-electron chi connectivity index (χ2n) is 4.68. The number of nitrogens with one attached hydrogen (secondary N) is 2. The molecule has 3 nitrogen and oxygen atoms in total. The molecule has 21 heavy (non-hydrogen) atoms. The van der Waals surface area contributed by atoms with Gasteiger partial charge in [0.25, 0.3) is 0 Å². The van der Waals surface area contributed by atoms with Crippen LogP contribution in [0.4, 0.5) is 5.69 Å². The topological polar surface area (TPSA) is 40.7 Å². The van der Waals surface area contributed by atoms with E-state index in [0.717, 1.165) is 22.5 Å². The molecular formula is C16H13Cl2N3. The van der Waals surface area contributed by atoms with Gasteiger partial charge < -0.3 is 5.32 Å². The van der Waals surface area contributed by atoms with Crippen molar-refractivity contribution in [3.8, 4) is 11.3 Å². The molecule has 2 N–H and O–H groups in total. The number of nitrogens with zero attached hydrogens (tertiary/aromatic N) is 1. The molecule has 3 aromatic rings. The van der Waals surface area contributed by atoms with Gasteiger partial charge in [-0.2, -0.15) is 5.10 Å². The molecule has 0 aliphatic carbocycles. The zero-order valence-corrected chi connectivity index (χ0v) is 12.6. The number of H-pyrrole nitrogens is 1. The van der Waals surface area contributed by atoms with Crippen LogP contribution < -0.4 is 5.32 Å². The summed E-state index contributed by atoms with van der Waals surface area (Å²) in [6.45, 7) is 0.659. The van der Waals surface area contributed by atoms with Gasteiger partial charge in [-0.25, -0.2) is 0 Å². The zero-order chi connectivity index (χ0) is 14.7. The zero-order valence-electron chi connectivity index (χ0n) is 11.1. The Morgan fingerprint density at radius 3 is 2.52 bits per heavy atom. The molecule has 0 aliphatic rings. The van der Waals surface area contributed by atoms with Crippen LogP contribution in [0, 0.1) is 0 Å². The number of aromatic nitrogens is 2. The molecular weight excluding hydrogens is 305 g/mol. The van der Waals surface area contributed by atoms with E-state index in [1.165, 1.54) is 0 Å². The summed E-state index contributed by atoms with van der Waals surface area (Å²) in [6.07, 6.45) is 1.74. The molecule has 0 amide bonds. The lowest BCUT2D eigenvalue weighted by atomic mass is 10.1. The molecule has 1 heterocycles. The highest BCUT2D eigenvalue weighted by atomic mass is 35.5. The van der Waals surface area contributed by atoms with E-state index in [4.69, 9.17) is 23.2 Å². The van der Waals surface area contributed by atoms with Crippen LogP contribution in [0.1, 0.15) is 5.56 Å². The van der Waals surface area contributed by atoms with Gasteiger partial charge in [0.2, 0.25) is 0 Å². The van der Waals surface area contributed by atoms with E-state index in [1.807, 2.05) is 36.4 Å². The minimum atomic E-state index is 0.644. The number of halogens is 2. The van der Waals surface area contributed by atoms with Gasteiger partial charge in [0, 0.05) is 34.0 Å². The van der Waals surface area contributed by atoms with Gasteiger partial charge in [0.05, 0.1) is 5.69 Å². The third kappa shape index (κ3) is 3.57. The van der Waals surface area contributed by atoms with E-state index in [1.54, 1.807) is 12.3 Å². The second kappa shape index (κ2) is 6.20. The van der Waals surface area contributed by atoms with E-state index >= 15 is 0 Å². The summed E-state index contributed by atoms with van der Waals surface area (Å²) in [5.74, 6) is 0. The highest BCUT2D eigenvalue weighted by molar-refractivity contribution is 6.34. The number of rotatable bonds is 4. The summed E-state index contributed by atoms with van der Waals surface area (Å²) >= 11 is 12.0. The van der Waals surface area contributed by atoms with Crippen LogP contribution in [0.5, 0.6) is 0 Å². The average molecular weight is 318 g/mol. The highest BCUT2D eigenvalue weighted by Crippen LogP contribution is 2.22. The van der Waals surface area contributed by atoms with Crippen LogP contribution in [0.25, 0.3) is 11.3 Å². The predicted molar refractivity (Wildman–Crippen MR) is 87.8 cm³/mol. The predicted octanol–water partition coefficient (Wildman–Crippen LogP) is 5.00. The molecule has 0 saturated heterocycles. The minimum absolute atomic E-state index is 0.644. The Balaban J connectivity index is 1.75. The quantitative estimate of drug-likeness (QED) is 0.711. The van der Waals surface area contributed by atoms with Crippen molar-refractivity contribution >= 4 is 28.9 Å². The van der Waals surface area contributed by atoms with Crippen molar-refractivity contribution in [3.63, 3.8) is 0 Å². The van der Waals surface area contributed by atoms with Crippen LogP contribution in [0.15, 0.2) is 54.7 Å². The van der Waals surface area contributed by atoms with Gasteiger partial charge >= 0.3 is 0 Å². The van der Waals surface area contributed by atoms with Crippen molar-refractivity contribution in [1.82, 2.24) is 10.2 Å². The van der Waals surface area contributed by atoms with E-state index in [9.17, 15) is 0 Å². The molecule has 0 atom stereocenters. The molecule has 106 valence electrons. The van der Waals surface area contributed by atoms with E-state index < -0.39 is 0 Å². The fourth-order valence-corrected chi connectivity index (χ4v) is 2.70. The van der Waals surface area contributed by atoms with Crippen molar-refractivity contribution in [2.24, 2.45) is 0 Å². The van der Waals surface area contributed by atoms with Gasteiger partial charge in [-0.1, -0.05) is 35.3 Å².